The van der Waals surface area contributed by atoms with Gasteiger partial charge in [0, 0.05) is 5.56 Å². The van der Waals surface area contributed by atoms with E-state index < -0.39 is 0 Å². The Labute approximate surface area is 143 Å². The summed E-state index contributed by atoms with van der Waals surface area (Å²) in [6.45, 7) is 0.552. The summed E-state index contributed by atoms with van der Waals surface area (Å²) in [6.07, 6.45) is 3.08. The molecule has 1 aromatic heterocycles. The van der Waals surface area contributed by atoms with Gasteiger partial charge in [0.2, 0.25) is 0 Å². The van der Waals surface area contributed by atoms with Crippen molar-refractivity contribution < 1.29 is 14.0 Å². The van der Waals surface area contributed by atoms with Gasteiger partial charge in [-0.25, -0.2) is 14.1 Å². The van der Waals surface area contributed by atoms with Crippen molar-refractivity contribution in [2.24, 2.45) is 5.16 Å². The number of hydrogen-bond donors (Lipinski definition) is 0. The number of nitrogens with zero attached hydrogens (tertiary/aromatic N) is 4. The van der Waals surface area contributed by atoms with Crippen LogP contribution in [0.25, 0.3) is 0 Å². The molecule has 1 unspecified atom stereocenters. The number of rotatable bonds is 4. The standard InChI is InChI=1S/C18H15FN4O2/c19-14-5-3-4-13(8-14)9-25-22-18-15-6-1-2-7-17(15)24-10-16(18)23-12-20-11-21-23/h1-8,11-12,16H,9-10H2/b22-18+. The third-order valence-electron chi connectivity index (χ3n) is 3.91. The third-order valence-corrected chi connectivity index (χ3v) is 3.91. The van der Waals surface area contributed by atoms with E-state index in [-0.39, 0.29) is 18.5 Å². The molecule has 7 heteroatoms. The topological polar surface area (TPSA) is 61.5 Å². The maximum Gasteiger partial charge on any atom is 0.142 e. The molecule has 0 N–H and O–H groups in total. The van der Waals surface area contributed by atoms with E-state index in [1.165, 1.54) is 18.5 Å². The highest BCUT2D eigenvalue weighted by atomic mass is 19.1. The molecule has 0 saturated carbocycles. The van der Waals surface area contributed by atoms with Crippen LogP contribution in [0.15, 0.2) is 66.3 Å². The number of ether oxygens (including phenoxy) is 1. The van der Waals surface area contributed by atoms with Crippen LogP contribution in [0.3, 0.4) is 0 Å². The number of fused-ring (bicyclic) bond motifs is 1. The number of halogens is 1. The smallest absolute Gasteiger partial charge is 0.142 e. The molecule has 2 aromatic carbocycles. The number of para-hydroxylation sites is 1. The second kappa shape index (κ2) is 6.72. The Morgan fingerprint density at radius 1 is 1.24 bits per heavy atom. The Balaban J connectivity index is 1.62. The molecule has 1 aliphatic rings. The number of benzene rings is 2. The van der Waals surface area contributed by atoms with E-state index >= 15 is 0 Å². The van der Waals surface area contributed by atoms with Gasteiger partial charge in [0.15, 0.2) is 0 Å². The van der Waals surface area contributed by atoms with Crippen LogP contribution < -0.4 is 4.74 Å². The molecule has 2 heterocycles. The molecule has 6 nitrogen and oxygen atoms in total. The first-order valence-corrected chi connectivity index (χ1v) is 7.82. The zero-order chi connectivity index (χ0) is 17.1. The number of hydrogen-bond acceptors (Lipinski definition) is 5. The van der Waals surface area contributed by atoms with Gasteiger partial charge in [-0.2, -0.15) is 5.10 Å². The molecule has 0 aliphatic carbocycles. The maximum atomic E-state index is 13.3. The van der Waals surface area contributed by atoms with Crippen LogP contribution in [0.5, 0.6) is 5.75 Å². The first kappa shape index (κ1) is 15.3. The summed E-state index contributed by atoms with van der Waals surface area (Å²) < 4.78 is 20.7. The minimum absolute atomic E-state index is 0.175. The Hall–Kier alpha value is -3.22. The summed E-state index contributed by atoms with van der Waals surface area (Å²) in [4.78, 5) is 9.49. The van der Waals surface area contributed by atoms with Crippen molar-refractivity contribution in [1.29, 1.82) is 0 Å². The Morgan fingerprint density at radius 3 is 3.00 bits per heavy atom. The largest absolute Gasteiger partial charge is 0.490 e. The molecule has 0 saturated heterocycles. The van der Waals surface area contributed by atoms with Crippen LogP contribution in [0.4, 0.5) is 4.39 Å². The van der Waals surface area contributed by atoms with Crippen molar-refractivity contribution in [3.63, 3.8) is 0 Å². The van der Waals surface area contributed by atoms with E-state index in [1.54, 1.807) is 23.1 Å². The molecule has 0 radical (unpaired) electrons. The molecular weight excluding hydrogens is 323 g/mol. The summed E-state index contributed by atoms with van der Waals surface area (Å²) >= 11 is 0. The highest BCUT2D eigenvalue weighted by Gasteiger charge is 2.29. The van der Waals surface area contributed by atoms with Gasteiger partial charge in [-0.3, -0.25) is 0 Å². The lowest BCUT2D eigenvalue weighted by Crippen LogP contribution is -2.31. The van der Waals surface area contributed by atoms with Gasteiger partial charge >= 0.3 is 0 Å². The Kier molecular flexibility index (Phi) is 4.12. The van der Waals surface area contributed by atoms with Gasteiger partial charge in [0.25, 0.3) is 0 Å². The second-order valence-electron chi connectivity index (χ2n) is 5.58. The van der Waals surface area contributed by atoms with E-state index in [0.717, 1.165) is 11.3 Å². The minimum atomic E-state index is -0.300. The van der Waals surface area contributed by atoms with E-state index in [2.05, 4.69) is 15.2 Å². The molecule has 1 aliphatic heterocycles. The summed E-state index contributed by atoms with van der Waals surface area (Å²) in [6, 6.07) is 13.6. The van der Waals surface area contributed by atoms with E-state index in [0.29, 0.717) is 17.9 Å². The molecule has 25 heavy (non-hydrogen) atoms. The van der Waals surface area contributed by atoms with Gasteiger partial charge in [0.1, 0.15) is 49.2 Å². The predicted octanol–water partition coefficient (Wildman–Crippen LogP) is 2.97. The van der Waals surface area contributed by atoms with Crippen LogP contribution >= 0.6 is 0 Å². The molecule has 4 rings (SSSR count). The van der Waals surface area contributed by atoms with Crippen molar-refractivity contribution >= 4 is 5.71 Å². The second-order valence-corrected chi connectivity index (χ2v) is 5.58. The lowest BCUT2D eigenvalue weighted by molar-refractivity contribution is 0.126. The number of aromatic nitrogens is 3. The van der Waals surface area contributed by atoms with Crippen LogP contribution in [0.2, 0.25) is 0 Å². The van der Waals surface area contributed by atoms with Crippen molar-refractivity contribution in [2.45, 2.75) is 12.6 Å². The SMILES string of the molecule is Fc1cccc(CO/N=C2\c3ccccc3OCC2n2cncn2)c1. The van der Waals surface area contributed by atoms with E-state index in [9.17, 15) is 4.39 Å². The summed E-state index contributed by atoms with van der Waals surface area (Å²) in [5, 5.41) is 8.49. The summed E-state index contributed by atoms with van der Waals surface area (Å²) in [7, 11) is 0. The summed E-state index contributed by atoms with van der Waals surface area (Å²) in [5.74, 6) is 0.442. The molecule has 0 fully saturated rings. The fraction of sp³-hybridized carbons (Fsp3) is 0.167. The lowest BCUT2D eigenvalue weighted by atomic mass is 10.0. The highest BCUT2D eigenvalue weighted by Crippen LogP contribution is 2.29. The average molecular weight is 338 g/mol. The normalized spacial score (nSPS) is 17.8. The predicted molar refractivity (Wildman–Crippen MR) is 88.7 cm³/mol. The van der Waals surface area contributed by atoms with Crippen LogP contribution in [-0.2, 0) is 11.4 Å². The van der Waals surface area contributed by atoms with Crippen molar-refractivity contribution in [1.82, 2.24) is 14.8 Å². The van der Waals surface area contributed by atoms with Crippen molar-refractivity contribution in [3.8, 4) is 5.75 Å². The first-order valence-electron chi connectivity index (χ1n) is 7.82. The fourth-order valence-corrected chi connectivity index (χ4v) is 2.72. The van der Waals surface area contributed by atoms with Gasteiger partial charge in [0.05, 0.1) is 0 Å². The van der Waals surface area contributed by atoms with Crippen LogP contribution in [0, 0.1) is 5.82 Å². The monoisotopic (exact) mass is 338 g/mol. The average Bonchev–Trinajstić information content (AvgIpc) is 3.16. The summed E-state index contributed by atoms with van der Waals surface area (Å²) in [5.41, 5.74) is 2.25. The van der Waals surface area contributed by atoms with Gasteiger partial charge in [-0.05, 0) is 29.8 Å². The fourth-order valence-electron chi connectivity index (χ4n) is 2.72. The maximum absolute atomic E-state index is 13.3. The van der Waals surface area contributed by atoms with Gasteiger partial charge < -0.3 is 9.57 Å². The molecular formula is C18H15FN4O2. The molecule has 126 valence electrons. The molecule has 0 bridgehead atoms. The van der Waals surface area contributed by atoms with E-state index in [4.69, 9.17) is 9.57 Å². The minimum Gasteiger partial charge on any atom is -0.490 e. The third kappa shape index (κ3) is 3.21. The van der Waals surface area contributed by atoms with Crippen molar-refractivity contribution in [3.05, 3.63) is 78.1 Å². The molecule has 1 atom stereocenters. The zero-order valence-electron chi connectivity index (χ0n) is 13.2. The number of oxime groups is 1. The first-order chi connectivity index (χ1) is 12.3. The molecule has 0 spiro atoms. The quantitative estimate of drug-likeness (QED) is 0.686. The van der Waals surface area contributed by atoms with E-state index in [1.807, 2.05) is 24.3 Å². The molecule has 0 amide bonds. The van der Waals surface area contributed by atoms with Gasteiger partial charge in [-0.15, -0.1) is 0 Å². The lowest BCUT2D eigenvalue weighted by Gasteiger charge is -2.26. The highest BCUT2D eigenvalue weighted by molar-refractivity contribution is 6.06. The van der Waals surface area contributed by atoms with Crippen LogP contribution in [-0.4, -0.2) is 27.1 Å². The van der Waals surface area contributed by atoms with Crippen molar-refractivity contribution in [2.75, 3.05) is 6.61 Å². The Bertz CT molecular complexity index is 896. The van der Waals surface area contributed by atoms with Gasteiger partial charge in [-0.1, -0.05) is 29.4 Å². The molecule has 3 aromatic rings. The zero-order valence-corrected chi connectivity index (χ0v) is 13.2. The Morgan fingerprint density at radius 2 is 2.16 bits per heavy atom. The van der Waals surface area contributed by atoms with Crippen LogP contribution in [0.1, 0.15) is 17.2 Å².